The number of aryl methyl sites for hydroxylation is 1. The molecular weight excluding hydrogens is 294 g/mol. The highest BCUT2D eigenvalue weighted by atomic mass is 16.4. The van der Waals surface area contributed by atoms with Gasteiger partial charge in [-0.25, -0.2) is 0 Å². The molecular formula is C22H30NO+. The van der Waals surface area contributed by atoms with Crippen molar-refractivity contribution in [2.24, 2.45) is 0 Å². The minimum atomic E-state index is 0.598. The molecule has 0 spiro atoms. The van der Waals surface area contributed by atoms with E-state index in [1.54, 1.807) is 0 Å². The van der Waals surface area contributed by atoms with Gasteiger partial charge in [-0.2, -0.15) is 0 Å². The van der Waals surface area contributed by atoms with Crippen molar-refractivity contribution in [3.63, 3.8) is 0 Å². The molecule has 24 heavy (non-hydrogen) atoms. The molecule has 2 nitrogen and oxygen atoms in total. The van der Waals surface area contributed by atoms with Crippen LogP contribution >= 0.6 is 0 Å². The Morgan fingerprint density at radius 1 is 0.833 bits per heavy atom. The molecule has 2 saturated carbocycles. The van der Waals surface area contributed by atoms with Crippen LogP contribution in [0.3, 0.4) is 0 Å². The largest absolute Gasteiger partial charge is 0.405 e. The molecule has 0 saturated heterocycles. The van der Waals surface area contributed by atoms with Crippen molar-refractivity contribution in [2.75, 3.05) is 0 Å². The third-order valence-electron chi connectivity index (χ3n) is 6.16. The van der Waals surface area contributed by atoms with Crippen LogP contribution < -0.4 is 4.57 Å². The zero-order valence-corrected chi connectivity index (χ0v) is 15.2. The molecule has 0 aliphatic heterocycles. The van der Waals surface area contributed by atoms with Gasteiger partial charge >= 0.3 is 5.89 Å². The number of aromatic nitrogens is 1. The maximum absolute atomic E-state index is 6.64. The van der Waals surface area contributed by atoms with E-state index < -0.39 is 0 Å². The Bertz CT molecular complexity index is 703. The van der Waals surface area contributed by atoms with E-state index in [-0.39, 0.29) is 0 Å². The lowest BCUT2D eigenvalue weighted by Crippen LogP contribution is -2.38. The second kappa shape index (κ2) is 6.74. The molecule has 0 radical (unpaired) electrons. The third kappa shape index (κ3) is 2.81. The minimum absolute atomic E-state index is 0.598. The summed E-state index contributed by atoms with van der Waals surface area (Å²) in [6.07, 6.45) is 11.9. The molecule has 2 aromatic rings. The summed E-state index contributed by atoms with van der Waals surface area (Å²) in [7, 11) is 0. The van der Waals surface area contributed by atoms with E-state index in [4.69, 9.17) is 4.42 Å². The van der Waals surface area contributed by atoms with E-state index in [1.807, 2.05) is 0 Å². The normalized spacial score (nSPS) is 19.9. The van der Waals surface area contributed by atoms with E-state index >= 15 is 0 Å². The molecule has 4 rings (SSSR count). The maximum atomic E-state index is 6.64. The highest BCUT2D eigenvalue weighted by molar-refractivity contribution is 5.33. The number of hydrogen-bond acceptors (Lipinski definition) is 1. The Morgan fingerprint density at radius 3 is 2.17 bits per heavy atom. The van der Waals surface area contributed by atoms with Crippen molar-refractivity contribution in [1.29, 1.82) is 0 Å². The van der Waals surface area contributed by atoms with Gasteiger partial charge < -0.3 is 4.42 Å². The number of rotatable bonds is 3. The SMILES string of the molecule is Cc1ccccc1-[n+]1c(C2CCCC2)oc(C2CCCCC2)c1C. The number of para-hydroxylation sites is 1. The molecule has 0 unspecified atom stereocenters. The van der Waals surface area contributed by atoms with Gasteiger partial charge in [0.15, 0.2) is 5.76 Å². The van der Waals surface area contributed by atoms with Crippen LogP contribution in [0.5, 0.6) is 0 Å². The quantitative estimate of drug-likeness (QED) is 0.644. The first-order valence-electron chi connectivity index (χ1n) is 9.87. The number of hydrogen-bond donors (Lipinski definition) is 0. The van der Waals surface area contributed by atoms with Crippen LogP contribution in [0.4, 0.5) is 0 Å². The average molecular weight is 324 g/mol. The van der Waals surface area contributed by atoms with Crippen LogP contribution in [0.1, 0.15) is 92.5 Å². The Hall–Kier alpha value is -1.57. The van der Waals surface area contributed by atoms with Gasteiger partial charge in [-0.1, -0.05) is 50.3 Å². The van der Waals surface area contributed by atoms with Crippen LogP contribution in [-0.2, 0) is 0 Å². The van der Waals surface area contributed by atoms with Crippen molar-refractivity contribution < 1.29 is 8.98 Å². The fourth-order valence-electron chi connectivity index (χ4n) is 4.80. The van der Waals surface area contributed by atoms with Gasteiger partial charge in [-0.05, 0) is 32.6 Å². The lowest BCUT2D eigenvalue weighted by atomic mass is 9.87. The van der Waals surface area contributed by atoms with E-state index in [2.05, 4.69) is 42.7 Å². The number of benzene rings is 1. The standard InChI is InChI=1S/C22H30NO/c1-16-10-6-9-15-20(16)23-17(2)21(18-11-4-3-5-12-18)24-22(23)19-13-7-8-14-19/h6,9-10,15,18-19H,3-5,7-8,11-14H2,1-2H3/q+1. The molecule has 0 N–H and O–H groups in total. The van der Waals surface area contributed by atoms with Gasteiger partial charge in [-0.15, -0.1) is 4.57 Å². The Balaban J connectivity index is 1.83. The Labute approximate surface area is 145 Å². The third-order valence-corrected chi connectivity index (χ3v) is 6.16. The van der Waals surface area contributed by atoms with Crippen molar-refractivity contribution in [1.82, 2.24) is 0 Å². The van der Waals surface area contributed by atoms with E-state index in [0.717, 1.165) is 0 Å². The molecule has 0 atom stereocenters. The summed E-state index contributed by atoms with van der Waals surface area (Å²) in [6.45, 7) is 4.49. The fraction of sp³-hybridized carbons (Fsp3) is 0.591. The second-order valence-electron chi connectivity index (χ2n) is 7.83. The predicted octanol–water partition coefficient (Wildman–Crippen LogP) is 5.88. The lowest BCUT2D eigenvalue weighted by Gasteiger charge is -2.18. The first kappa shape index (κ1) is 15.9. The first-order chi connectivity index (χ1) is 11.8. The first-order valence-corrected chi connectivity index (χ1v) is 9.87. The molecule has 2 fully saturated rings. The summed E-state index contributed by atoms with van der Waals surface area (Å²) in [6, 6.07) is 8.75. The highest BCUT2D eigenvalue weighted by Crippen LogP contribution is 2.39. The number of oxazole rings is 1. The molecule has 2 aliphatic rings. The maximum Gasteiger partial charge on any atom is 0.356 e. The molecule has 1 aromatic carbocycles. The topological polar surface area (TPSA) is 17.0 Å². The molecule has 0 bridgehead atoms. The van der Waals surface area contributed by atoms with Crippen LogP contribution in [-0.4, -0.2) is 0 Å². The average Bonchev–Trinajstić information content (AvgIpc) is 3.24. The van der Waals surface area contributed by atoms with Crippen molar-refractivity contribution in [2.45, 2.75) is 83.5 Å². The van der Waals surface area contributed by atoms with Gasteiger partial charge in [0.1, 0.15) is 0 Å². The molecule has 1 heterocycles. The molecule has 2 aliphatic carbocycles. The van der Waals surface area contributed by atoms with Gasteiger partial charge in [0.25, 0.3) is 0 Å². The lowest BCUT2D eigenvalue weighted by molar-refractivity contribution is -0.617. The molecule has 128 valence electrons. The fourth-order valence-corrected chi connectivity index (χ4v) is 4.80. The van der Waals surface area contributed by atoms with Crippen molar-refractivity contribution in [3.05, 3.63) is 47.2 Å². The van der Waals surface area contributed by atoms with Gasteiger partial charge in [0.05, 0.1) is 5.92 Å². The van der Waals surface area contributed by atoms with Gasteiger partial charge in [-0.3, -0.25) is 0 Å². The smallest absolute Gasteiger partial charge is 0.356 e. The van der Waals surface area contributed by atoms with Crippen molar-refractivity contribution >= 4 is 0 Å². The van der Waals surface area contributed by atoms with E-state index in [9.17, 15) is 0 Å². The second-order valence-corrected chi connectivity index (χ2v) is 7.83. The molecule has 0 amide bonds. The summed E-state index contributed by atoms with van der Waals surface area (Å²) < 4.78 is 9.09. The van der Waals surface area contributed by atoms with Crippen LogP contribution in [0.15, 0.2) is 28.7 Å². The van der Waals surface area contributed by atoms with Crippen LogP contribution in [0.2, 0.25) is 0 Å². The van der Waals surface area contributed by atoms with Crippen LogP contribution in [0.25, 0.3) is 5.69 Å². The number of nitrogens with zero attached hydrogens (tertiary/aromatic N) is 1. The molecule has 1 aromatic heterocycles. The zero-order chi connectivity index (χ0) is 16.5. The van der Waals surface area contributed by atoms with Crippen molar-refractivity contribution in [3.8, 4) is 5.69 Å². The summed E-state index contributed by atoms with van der Waals surface area (Å²) in [5, 5.41) is 0. The predicted molar refractivity (Wildman–Crippen MR) is 96.7 cm³/mol. The molecule has 2 heteroatoms. The highest BCUT2D eigenvalue weighted by Gasteiger charge is 2.38. The van der Waals surface area contributed by atoms with E-state index in [1.165, 1.54) is 86.4 Å². The zero-order valence-electron chi connectivity index (χ0n) is 15.2. The van der Waals surface area contributed by atoms with Gasteiger partial charge in [0, 0.05) is 24.5 Å². The Kier molecular flexibility index (Phi) is 4.47. The summed E-state index contributed by atoms with van der Waals surface area (Å²) >= 11 is 0. The summed E-state index contributed by atoms with van der Waals surface area (Å²) in [5.74, 6) is 3.73. The van der Waals surface area contributed by atoms with E-state index in [0.29, 0.717) is 11.8 Å². The van der Waals surface area contributed by atoms with Gasteiger partial charge in [0.2, 0.25) is 11.4 Å². The monoisotopic (exact) mass is 324 g/mol. The summed E-state index contributed by atoms with van der Waals surface area (Å²) in [5.41, 5.74) is 3.99. The summed E-state index contributed by atoms with van der Waals surface area (Å²) in [4.78, 5) is 0. The Morgan fingerprint density at radius 2 is 1.46 bits per heavy atom. The van der Waals surface area contributed by atoms with Crippen LogP contribution in [0, 0.1) is 13.8 Å². The minimum Gasteiger partial charge on any atom is -0.405 e.